The molecular formula is C19H16N4O3S. The van der Waals surface area contributed by atoms with E-state index >= 15 is 0 Å². The third-order valence-corrected chi connectivity index (χ3v) is 5.50. The van der Waals surface area contributed by atoms with Crippen LogP contribution in [0, 0.1) is 0 Å². The van der Waals surface area contributed by atoms with Crippen LogP contribution in [0.2, 0.25) is 0 Å². The van der Waals surface area contributed by atoms with Gasteiger partial charge in [-0.2, -0.15) is 0 Å². The largest absolute Gasteiger partial charge is 0.358 e. The minimum atomic E-state index is -3.95. The molecule has 0 aliphatic carbocycles. The minimum absolute atomic E-state index is 0.0661. The number of anilines is 1. The second-order valence-corrected chi connectivity index (χ2v) is 7.59. The van der Waals surface area contributed by atoms with Crippen LogP contribution in [0.3, 0.4) is 0 Å². The van der Waals surface area contributed by atoms with Gasteiger partial charge in [0.05, 0.1) is 16.2 Å². The van der Waals surface area contributed by atoms with Crippen molar-refractivity contribution in [3.63, 3.8) is 0 Å². The predicted octanol–water partition coefficient (Wildman–Crippen LogP) is 2.54. The van der Waals surface area contributed by atoms with E-state index in [0.29, 0.717) is 16.9 Å². The summed E-state index contributed by atoms with van der Waals surface area (Å²) in [5.74, 6) is -0.459. The molecule has 1 aliphatic rings. The van der Waals surface area contributed by atoms with Gasteiger partial charge >= 0.3 is 0 Å². The van der Waals surface area contributed by atoms with E-state index in [4.69, 9.17) is 0 Å². The van der Waals surface area contributed by atoms with E-state index in [2.05, 4.69) is 15.1 Å². The Morgan fingerprint density at radius 1 is 0.926 bits per heavy atom. The molecule has 0 radical (unpaired) electrons. The number of sulfonamides is 1. The summed E-state index contributed by atoms with van der Waals surface area (Å²) in [6.45, 7) is 0. The van der Waals surface area contributed by atoms with E-state index in [1.54, 1.807) is 66.9 Å². The highest BCUT2D eigenvalue weighted by molar-refractivity contribution is 7.89. The Labute approximate surface area is 156 Å². The standard InChI is InChI=1S/C19H16N4O3S/c24-19-15-10-4-5-11-16(15)21-18(17-12-6-7-13-20-17)23(19)22-27(25,26)14-8-2-1-3-9-14/h1-13,18,21-22H/t18-/m0/s1. The fourth-order valence-electron chi connectivity index (χ4n) is 2.87. The van der Waals surface area contributed by atoms with E-state index in [1.165, 1.54) is 12.1 Å². The molecule has 2 heterocycles. The smallest absolute Gasteiger partial charge is 0.273 e. The van der Waals surface area contributed by atoms with E-state index in [-0.39, 0.29) is 4.90 Å². The number of rotatable bonds is 4. The second kappa shape index (κ2) is 6.82. The molecule has 0 bridgehead atoms. The first kappa shape index (κ1) is 17.2. The maximum atomic E-state index is 13.0. The Balaban J connectivity index is 1.77. The van der Waals surface area contributed by atoms with Gasteiger partial charge in [0.25, 0.3) is 15.9 Å². The predicted molar refractivity (Wildman–Crippen MR) is 100.0 cm³/mol. The number of carbonyl (C=O) groups is 1. The number of carbonyl (C=O) groups excluding carboxylic acids is 1. The number of nitrogens with zero attached hydrogens (tertiary/aromatic N) is 2. The summed E-state index contributed by atoms with van der Waals surface area (Å²) in [6.07, 6.45) is 0.804. The number of fused-ring (bicyclic) bond motifs is 1. The van der Waals surface area contributed by atoms with Crippen LogP contribution in [0.4, 0.5) is 5.69 Å². The normalized spacial score (nSPS) is 16.5. The van der Waals surface area contributed by atoms with Crippen LogP contribution in [0.25, 0.3) is 0 Å². The van der Waals surface area contributed by atoms with E-state index in [1.807, 2.05) is 0 Å². The zero-order chi connectivity index (χ0) is 18.9. The maximum absolute atomic E-state index is 13.0. The summed E-state index contributed by atoms with van der Waals surface area (Å²) in [6, 6.07) is 20.1. The highest BCUT2D eigenvalue weighted by Gasteiger charge is 2.36. The first-order chi connectivity index (χ1) is 13.1. The van der Waals surface area contributed by atoms with Crippen LogP contribution in [0.1, 0.15) is 22.2 Å². The monoisotopic (exact) mass is 380 g/mol. The van der Waals surface area contributed by atoms with Crippen LogP contribution in [-0.2, 0) is 10.0 Å². The van der Waals surface area contributed by atoms with Gasteiger partial charge in [0.15, 0.2) is 6.17 Å². The number of hydrogen-bond donors (Lipinski definition) is 2. The molecule has 2 N–H and O–H groups in total. The van der Waals surface area contributed by atoms with Crippen LogP contribution < -0.4 is 10.1 Å². The van der Waals surface area contributed by atoms with Gasteiger partial charge in [0, 0.05) is 11.9 Å². The first-order valence-corrected chi connectivity index (χ1v) is 9.72. The van der Waals surface area contributed by atoms with Gasteiger partial charge in [-0.1, -0.05) is 36.4 Å². The number of hydrazine groups is 1. The van der Waals surface area contributed by atoms with Crippen molar-refractivity contribution >= 4 is 21.6 Å². The number of pyridine rings is 1. The SMILES string of the molecule is O=C1c2ccccc2N[C@H](c2ccccn2)N1NS(=O)(=O)c1ccccc1. The zero-order valence-corrected chi connectivity index (χ0v) is 14.9. The average Bonchev–Trinajstić information content (AvgIpc) is 2.71. The zero-order valence-electron chi connectivity index (χ0n) is 14.1. The molecule has 3 aromatic rings. The summed E-state index contributed by atoms with van der Waals surface area (Å²) in [7, 11) is -3.95. The number of benzene rings is 2. The molecule has 0 saturated carbocycles. The van der Waals surface area contributed by atoms with E-state index in [0.717, 1.165) is 5.01 Å². The Morgan fingerprint density at radius 2 is 1.63 bits per heavy atom. The molecule has 2 aromatic carbocycles. The van der Waals surface area contributed by atoms with Crippen LogP contribution in [-0.4, -0.2) is 24.3 Å². The lowest BCUT2D eigenvalue weighted by atomic mass is 10.1. The number of para-hydroxylation sites is 1. The quantitative estimate of drug-likeness (QED) is 0.726. The van der Waals surface area contributed by atoms with Crippen LogP contribution in [0.15, 0.2) is 83.9 Å². The molecule has 27 heavy (non-hydrogen) atoms. The molecule has 0 saturated heterocycles. The van der Waals surface area contributed by atoms with Crippen molar-refractivity contribution in [2.45, 2.75) is 11.1 Å². The lowest BCUT2D eigenvalue weighted by Crippen LogP contribution is -2.52. The molecule has 1 atom stereocenters. The molecule has 8 heteroatoms. The maximum Gasteiger partial charge on any atom is 0.273 e. The van der Waals surface area contributed by atoms with Crippen molar-refractivity contribution in [3.05, 3.63) is 90.3 Å². The van der Waals surface area contributed by atoms with Gasteiger partial charge in [-0.25, -0.2) is 13.4 Å². The van der Waals surface area contributed by atoms with Gasteiger partial charge < -0.3 is 5.32 Å². The third-order valence-electron chi connectivity index (χ3n) is 4.17. The van der Waals surface area contributed by atoms with Gasteiger partial charge in [-0.15, -0.1) is 4.83 Å². The van der Waals surface area contributed by atoms with E-state index in [9.17, 15) is 13.2 Å². The lowest BCUT2D eigenvalue weighted by Gasteiger charge is -2.36. The molecule has 1 amide bonds. The van der Waals surface area contributed by atoms with Crippen molar-refractivity contribution in [3.8, 4) is 0 Å². The summed E-state index contributed by atoms with van der Waals surface area (Å²) >= 11 is 0. The van der Waals surface area contributed by atoms with Gasteiger partial charge in [-0.3, -0.25) is 9.78 Å². The summed E-state index contributed by atoms with van der Waals surface area (Å²) < 4.78 is 25.6. The van der Waals surface area contributed by atoms with Crippen LogP contribution >= 0.6 is 0 Å². The Hall–Kier alpha value is -3.23. The van der Waals surface area contributed by atoms with Crippen LogP contribution in [0.5, 0.6) is 0 Å². The summed E-state index contributed by atoms with van der Waals surface area (Å²) in [4.78, 5) is 19.8. The van der Waals surface area contributed by atoms with Gasteiger partial charge in [0.2, 0.25) is 0 Å². The molecule has 0 unspecified atom stereocenters. The van der Waals surface area contributed by atoms with Gasteiger partial charge in [0.1, 0.15) is 0 Å². The highest BCUT2D eigenvalue weighted by Crippen LogP contribution is 2.31. The molecule has 4 rings (SSSR count). The number of amides is 1. The second-order valence-electron chi connectivity index (χ2n) is 5.93. The average molecular weight is 380 g/mol. The van der Waals surface area contributed by atoms with Gasteiger partial charge in [-0.05, 0) is 36.4 Å². The summed E-state index contributed by atoms with van der Waals surface area (Å²) in [5.41, 5.74) is 1.50. The fraction of sp³-hybridized carbons (Fsp3) is 0.0526. The number of aromatic nitrogens is 1. The topological polar surface area (TPSA) is 91.4 Å². The van der Waals surface area contributed by atoms with Crippen molar-refractivity contribution in [2.24, 2.45) is 0 Å². The van der Waals surface area contributed by atoms with Crippen molar-refractivity contribution < 1.29 is 13.2 Å². The molecule has 0 spiro atoms. The Bertz CT molecular complexity index is 1070. The molecule has 0 fully saturated rings. The Kier molecular flexibility index (Phi) is 4.35. The first-order valence-electron chi connectivity index (χ1n) is 8.24. The molecule has 1 aliphatic heterocycles. The van der Waals surface area contributed by atoms with E-state index < -0.39 is 22.1 Å². The third kappa shape index (κ3) is 3.27. The highest BCUT2D eigenvalue weighted by atomic mass is 32.2. The van der Waals surface area contributed by atoms with Crippen molar-refractivity contribution in [1.29, 1.82) is 0 Å². The summed E-state index contributed by atoms with van der Waals surface area (Å²) in [5, 5.41) is 4.25. The minimum Gasteiger partial charge on any atom is -0.358 e. The van der Waals surface area contributed by atoms with Crippen molar-refractivity contribution in [2.75, 3.05) is 5.32 Å². The molecule has 7 nitrogen and oxygen atoms in total. The molecule has 1 aromatic heterocycles. The lowest BCUT2D eigenvalue weighted by molar-refractivity contribution is 0.0628. The molecule has 136 valence electrons. The number of nitrogens with one attached hydrogen (secondary N) is 2. The molecular weight excluding hydrogens is 364 g/mol. The van der Waals surface area contributed by atoms with Crippen molar-refractivity contribution in [1.82, 2.24) is 14.8 Å². The Morgan fingerprint density at radius 3 is 2.37 bits per heavy atom. The number of hydrogen-bond acceptors (Lipinski definition) is 5. The fourth-order valence-corrected chi connectivity index (χ4v) is 3.94.